The van der Waals surface area contributed by atoms with Crippen molar-refractivity contribution in [2.45, 2.75) is 12.8 Å². The standard InChI is InChI=1S/C16H19NO3/c1-19-13-3-4-15(20-2)12(9-13)10-14-16(18)11-5-7-17(14)8-6-11/h3-4,9-11H,5-8H2,1-2H3/b14-10-. The van der Waals surface area contributed by atoms with Crippen LogP contribution in [0.25, 0.3) is 6.08 Å². The molecule has 3 aliphatic heterocycles. The molecule has 3 heterocycles. The molecule has 0 amide bonds. The zero-order valence-corrected chi connectivity index (χ0v) is 11.9. The minimum absolute atomic E-state index is 0.211. The number of hydrogen-bond donors (Lipinski definition) is 0. The topological polar surface area (TPSA) is 38.8 Å². The van der Waals surface area contributed by atoms with Crippen LogP contribution in [-0.4, -0.2) is 38.0 Å². The number of hydrogen-bond acceptors (Lipinski definition) is 4. The van der Waals surface area contributed by atoms with E-state index in [1.165, 1.54) is 0 Å². The van der Waals surface area contributed by atoms with Crippen molar-refractivity contribution in [3.63, 3.8) is 0 Å². The first kappa shape index (κ1) is 13.0. The van der Waals surface area contributed by atoms with Crippen molar-refractivity contribution in [1.29, 1.82) is 0 Å². The van der Waals surface area contributed by atoms with Crippen LogP contribution in [0.2, 0.25) is 0 Å². The molecule has 3 aliphatic rings. The van der Waals surface area contributed by atoms with Crippen molar-refractivity contribution < 1.29 is 14.3 Å². The summed E-state index contributed by atoms with van der Waals surface area (Å²) in [7, 11) is 3.27. The van der Waals surface area contributed by atoms with Gasteiger partial charge in [-0.05, 0) is 37.1 Å². The summed E-state index contributed by atoms with van der Waals surface area (Å²) in [6, 6.07) is 5.63. The smallest absolute Gasteiger partial charge is 0.182 e. The summed E-state index contributed by atoms with van der Waals surface area (Å²) in [6.45, 7) is 1.96. The highest BCUT2D eigenvalue weighted by atomic mass is 16.5. The van der Waals surface area contributed by atoms with Crippen LogP contribution in [0.3, 0.4) is 0 Å². The van der Waals surface area contributed by atoms with E-state index in [9.17, 15) is 4.79 Å². The Morgan fingerprint density at radius 2 is 1.95 bits per heavy atom. The van der Waals surface area contributed by atoms with E-state index in [4.69, 9.17) is 9.47 Å². The lowest BCUT2D eigenvalue weighted by Gasteiger charge is -2.41. The fourth-order valence-corrected chi connectivity index (χ4v) is 3.01. The van der Waals surface area contributed by atoms with Crippen molar-refractivity contribution in [2.24, 2.45) is 5.92 Å². The molecule has 2 bridgehead atoms. The largest absolute Gasteiger partial charge is 0.497 e. The second-order valence-electron chi connectivity index (χ2n) is 5.26. The Balaban J connectivity index is 2.00. The summed E-state index contributed by atoms with van der Waals surface area (Å²) in [5.74, 6) is 2.00. The number of ether oxygens (including phenoxy) is 2. The zero-order valence-electron chi connectivity index (χ0n) is 11.9. The Kier molecular flexibility index (Phi) is 3.38. The maximum absolute atomic E-state index is 12.4. The Morgan fingerprint density at radius 3 is 2.55 bits per heavy atom. The van der Waals surface area contributed by atoms with Gasteiger partial charge in [-0.3, -0.25) is 4.79 Å². The molecule has 3 fully saturated rings. The minimum Gasteiger partial charge on any atom is -0.497 e. The Hall–Kier alpha value is -1.97. The van der Waals surface area contributed by atoms with E-state index in [0.29, 0.717) is 0 Å². The summed E-state index contributed by atoms with van der Waals surface area (Å²) in [6.07, 6.45) is 3.92. The quantitative estimate of drug-likeness (QED) is 0.792. The van der Waals surface area contributed by atoms with Gasteiger partial charge in [0.05, 0.1) is 19.9 Å². The van der Waals surface area contributed by atoms with Crippen LogP contribution in [0.1, 0.15) is 18.4 Å². The van der Waals surface area contributed by atoms with E-state index in [2.05, 4.69) is 4.90 Å². The molecule has 0 unspecified atom stereocenters. The van der Waals surface area contributed by atoms with E-state index in [1.807, 2.05) is 24.3 Å². The number of fused-ring (bicyclic) bond motifs is 3. The number of nitrogens with zero attached hydrogens (tertiary/aromatic N) is 1. The fourth-order valence-electron chi connectivity index (χ4n) is 3.01. The van der Waals surface area contributed by atoms with Crippen LogP contribution in [0, 0.1) is 5.92 Å². The van der Waals surface area contributed by atoms with Crippen LogP contribution >= 0.6 is 0 Å². The molecular weight excluding hydrogens is 254 g/mol. The molecule has 4 nitrogen and oxygen atoms in total. The molecule has 0 spiro atoms. The van der Waals surface area contributed by atoms with E-state index < -0.39 is 0 Å². The molecule has 1 aromatic carbocycles. The van der Waals surface area contributed by atoms with Gasteiger partial charge in [0.15, 0.2) is 5.78 Å². The first-order valence-electron chi connectivity index (χ1n) is 6.96. The number of benzene rings is 1. The van der Waals surface area contributed by atoms with Crippen LogP contribution in [-0.2, 0) is 4.79 Å². The van der Waals surface area contributed by atoms with Crippen LogP contribution in [0.4, 0.5) is 0 Å². The molecule has 0 aliphatic carbocycles. The van der Waals surface area contributed by atoms with E-state index >= 15 is 0 Å². The van der Waals surface area contributed by atoms with Gasteiger partial charge >= 0.3 is 0 Å². The second-order valence-corrected chi connectivity index (χ2v) is 5.26. The maximum atomic E-state index is 12.4. The minimum atomic E-state index is 0.211. The average Bonchev–Trinajstić information content (AvgIpc) is 2.51. The number of methoxy groups -OCH3 is 2. The Morgan fingerprint density at radius 1 is 1.20 bits per heavy atom. The van der Waals surface area contributed by atoms with Gasteiger partial charge in [-0.2, -0.15) is 0 Å². The van der Waals surface area contributed by atoms with Crippen molar-refractivity contribution in [3.05, 3.63) is 29.5 Å². The van der Waals surface area contributed by atoms with Gasteiger partial charge in [0.1, 0.15) is 11.5 Å². The highest BCUT2D eigenvalue weighted by Gasteiger charge is 2.36. The summed E-state index contributed by atoms with van der Waals surface area (Å²) >= 11 is 0. The third kappa shape index (κ3) is 2.15. The highest BCUT2D eigenvalue weighted by Crippen LogP contribution is 2.34. The van der Waals surface area contributed by atoms with Gasteiger partial charge in [0, 0.05) is 24.6 Å². The molecule has 106 valence electrons. The van der Waals surface area contributed by atoms with Crippen molar-refractivity contribution in [1.82, 2.24) is 4.90 Å². The number of carbonyl (C=O) groups excluding carboxylic acids is 1. The lowest BCUT2D eigenvalue weighted by molar-refractivity contribution is -0.125. The molecule has 0 radical (unpaired) electrons. The summed E-state index contributed by atoms with van der Waals surface area (Å²) in [5, 5.41) is 0. The summed E-state index contributed by atoms with van der Waals surface area (Å²) < 4.78 is 10.6. The zero-order chi connectivity index (χ0) is 14.1. The number of piperidine rings is 3. The Labute approximate surface area is 119 Å². The molecular formula is C16H19NO3. The maximum Gasteiger partial charge on any atom is 0.182 e. The normalized spacial score (nSPS) is 20.6. The fraction of sp³-hybridized carbons (Fsp3) is 0.438. The van der Waals surface area contributed by atoms with Crippen LogP contribution in [0.5, 0.6) is 11.5 Å². The number of allylic oxidation sites excluding steroid dienone is 1. The molecule has 3 saturated heterocycles. The lowest BCUT2D eigenvalue weighted by atomic mass is 9.84. The first-order valence-corrected chi connectivity index (χ1v) is 6.96. The predicted octanol–water partition coefficient (Wildman–Crippen LogP) is 2.34. The van der Waals surface area contributed by atoms with Gasteiger partial charge < -0.3 is 14.4 Å². The van der Waals surface area contributed by atoms with Crippen molar-refractivity contribution in [3.8, 4) is 11.5 Å². The number of rotatable bonds is 3. The number of ketones is 1. The van der Waals surface area contributed by atoms with Gasteiger partial charge in [-0.1, -0.05) is 0 Å². The Bertz CT molecular complexity index is 557. The third-order valence-electron chi connectivity index (χ3n) is 4.19. The second kappa shape index (κ2) is 5.19. The molecule has 0 N–H and O–H groups in total. The third-order valence-corrected chi connectivity index (χ3v) is 4.19. The SMILES string of the molecule is COc1ccc(OC)c(/C=C2/C(=O)C3CCN2CC3)c1. The predicted molar refractivity (Wildman–Crippen MR) is 76.8 cm³/mol. The highest BCUT2D eigenvalue weighted by molar-refractivity contribution is 6.02. The van der Waals surface area contributed by atoms with Crippen molar-refractivity contribution >= 4 is 11.9 Å². The van der Waals surface area contributed by atoms with Gasteiger partial charge in [-0.25, -0.2) is 0 Å². The average molecular weight is 273 g/mol. The molecule has 4 rings (SSSR count). The molecule has 4 heteroatoms. The number of Topliss-reactive ketones (excluding diaryl/α,β-unsaturated/α-hetero) is 1. The first-order chi connectivity index (χ1) is 9.72. The van der Waals surface area contributed by atoms with Gasteiger partial charge in [0.25, 0.3) is 0 Å². The molecule has 1 aromatic rings. The monoisotopic (exact) mass is 273 g/mol. The summed E-state index contributed by atoms with van der Waals surface area (Å²) in [5.41, 5.74) is 1.71. The van der Waals surface area contributed by atoms with E-state index in [1.54, 1.807) is 14.2 Å². The van der Waals surface area contributed by atoms with Crippen LogP contribution < -0.4 is 9.47 Å². The number of carbonyl (C=O) groups is 1. The van der Waals surface area contributed by atoms with Crippen LogP contribution in [0.15, 0.2) is 23.9 Å². The molecule has 0 aromatic heterocycles. The molecule has 0 atom stereocenters. The van der Waals surface area contributed by atoms with Gasteiger partial charge in [-0.15, -0.1) is 0 Å². The lowest BCUT2D eigenvalue weighted by Crippen LogP contribution is -2.45. The molecule has 20 heavy (non-hydrogen) atoms. The van der Waals surface area contributed by atoms with Gasteiger partial charge in [0.2, 0.25) is 0 Å². The van der Waals surface area contributed by atoms with E-state index in [-0.39, 0.29) is 11.7 Å². The van der Waals surface area contributed by atoms with Crippen molar-refractivity contribution in [2.75, 3.05) is 27.3 Å². The molecule has 0 saturated carbocycles. The summed E-state index contributed by atoms with van der Waals surface area (Å²) in [4.78, 5) is 14.5. The van der Waals surface area contributed by atoms with E-state index in [0.717, 1.165) is 48.7 Å².